The molecule has 5 heteroatoms. The van der Waals surface area contributed by atoms with E-state index in [-0.39, 0.29) is 28.8 Å². The van der Waals surface area contributed by atoms with Gasteiger partial charge in [-0.3, -0.25) is 0 Å². The molecule has 0 aromatic heterocycles. The molecule has 5 rings (SSSR count). The third-order valence-electron chi connectivity index (χ3n) is 12.3. The predicted molar refractivity (Wildman–Crippen MR) is 149 cm³/mol. The van der Waals surface area contributed by atoms with Crippen LogP contribution in [0.5, 0.6) is 0 Å². The monoisotopic (exact) mass is 530 g/mol. The Morgan fingerprint density at radius 3 is 2.32 bits per heavy atom. The van der Waals surface area contributed by atoms with Crippen molar-refractivity contribution in [2.24, 2.45) is 52.3 Å². The number of aliphatic hydroxyl groups is 2. The molecule has 11 atom stereocenters. The van der Waals surface area contributed by atoms with Gasteiger partial charge in [-0.1, -0.05) is 52.3 Å². The molecule has 2 N–H and O–H groups in total. The lowest BCUT2D eigenvalue weighted by atomic mass is 9.41. The van der Waals surface area contributed by atoms with Crippen LogP contribution in [-0.4, -0.2) is 36.6 Å². The lowest BCUT2D eigenvalue weighted by Crippen LogP contribution is -2.62. The van der Waals surface area contributed by atoms with E-state index in [0.717, 1.165) is 32.1 Å². The molecule has 4 aliphatic rings. The Balaban J connectivity index is 1.30. The molecule has 37 heavy (non-hydrogen) atoms. The van der Waals surface area contributed by atoms with Crippen molar-refractivity contribution in [2.75, 3.05) is 5.75 Å². The third-order valence-corrected chi connectivity index (χ3v) is 14.1. The number of benzene rings is 1. The van der Waals surface area contributed by atoms with Crippen LogP contribution in [0.15, 0.2) is 35.2 Å². The number of sulfone groups is 1. The summed E-state index contributed by atoms with van der Waals surface area (Å²) in [7, 11) is -3.22. The Morgan fingerprint density at radius 2 is 1.62 bits per heavy atom. The van der Waals surface area contributed by atoms with Gasteiger partial charge in [0.1, 0.15) is 0 Å². The topological polar surface area (TPSA) is 74.6 Å². The van der Waals surface area contributed by atoms with Gasteiger partial charge < -0.3 is 10.2 Å². The first-order valence-corrected chi connectivity index (χ1v) is 16.8. The highest BCUT2D eigenvalue weighted by Gasteiger charge is 2.64. The summed E-state index contributed by atoms with van der Waals surface area (Å²) in [5.41, 5.74) is 0.468. The summed E-state index contributed by atoms with van der Waals surface area (Å²) < 4.78 is 25.6. The summed E-state index contributed by atoms with van der Waals surface area (Å²) in [6.45, 7) is 9.60. The first-order chi connectivity index (χ1) is 17.5. The van der Waals surface area contributed by atoms with Gasteiger partial charge in [-0.2, -0.15) is 0 Å². The van der Waals surface area contributed by atoms with E-state index in [9.17, 15) is 18.6 Å². The summed E-state index contributed by atoms with van der Waals surface area (Å²) >= 11 is 0. The number of fused-ring (bicyclic) bond motifs is 5. The third kappa shape index (κ3) is 4.63. The predicted octanol–water partition coefficient (Wildman–Crippen LogP) is 6.50. The molecule has 208 valence electrons. The van der Waals surface area contributed by atoms with E-state index in [0.29, 0.717) is 52.7 Å². The molecule has 0 bridgehead atoms. The van der Waals surface area contributed by atoms with Crippen LogP contribution in [0.3, 0.4) is 0 Å². The van der Waals surface area contributed by atoms with Crippen LogP contribution in [0, 0.1) is 52.3 Å². The molecule has 0 radical (unpaired) electrons. The minimum absolute atomic E-state index is 0.202. The summed E-state index contributed by atoms with van der Waals surface area (Å²) in [5, 5.41) is 22.4. The molecule has 0 amide bonds. The van der Waals surface area contributed by atoms with Gasteiger partial charge in [0.25, 0.3) is 0 Å². The van der Waals surface area contributed by atoms with Crippen molar-refractivity contribution in [3.05, 3.63) is 30.3 Å². The van der Waals surface area contributed by atoms with Crippen LogP contribution < -0.4 is 0 Å². The van der Waals surface area contributed by atoms with E-state index in [2.05, 4.69) is 27.7 Å². The highest BCUT2D eigenvalue weighted by molar-refractivity contribution is 7.91. The second kappa shape index (κ2) is 10.2. The van der Waals surface area contributed by atoms with Gasteiger partial charge in [0.15, 0.2) is 9.84 Å². The van der Waals surface area contributed by atoms with Crippen molar-refractivity contribution < 1.29 is 18.6 Å². The largest absolute Gasteiger partial charge is 0.393 e. The van der Waals surface area contributed by atoms with Crippen molar-refractivity contribution in [2.45, 2.75) is 109 Å². The zero-order valence-corrected chi connectivity index (χ0v) is 24.3. The highest BCUT2D eigenvalue weighted by atomic mass is 32.2. The van der Waals surface area contributed by atoms with Gasteiger partial charge in [0.2, 0.25) is 0 Å². The molecular formula is C32H50O4S. The van der Waals surface area contributed by atoms with Gasteiger partial charge in [0.05, 0.1) is 22.9 Å². The fourth-order valence-electron chi connectivity index (χ4n) is 10.5. The molecule has 0 saturated heterocycles. The van der Waals surface area contributed by atoms with Gasteiger partial charge in [-0.25, -0.2) is 8.42 Å². The van der Waals surface area contributed by atoms with Gasteiger partial charge in [-0.05, 0) is 122 Å². The SMILES string of the molecule is CC[C@H]1[C@@H](O)[C@@H]2[C@H](CC[C@]3(C)[C@@H]([C@H](C)CCCS(=O)(=O)c4ccccc4)CC[C@@H]23)[C@@]2(C)CC[C@@H](O)C[C@@H]12. The summed E-state index contributed by atoms with van der Waals surface area (Å²) in [6.07, 6.45) is 9.91. The number of hydrogen-bond donors (Lipinski definition) is 2. The van der Waals surface area contributed by atoms with Gasteiger partial charge >= 0.3 is 0 Å². The lowest BCUT2D eigenvalue weighted by Gasteiger charge is -2.64. The van der Waals surface area contributed by atoms with Crippen LogP contribution in [-0.2, 0) is 9.84 Å². The second-order valence-electron chi connectivity index (χ2n) is 13.9. The molecule has 0 unspecified atom stereocenters. The van der Waals surface area contributed by atoms with E-state index in [4.69, 9.17) is 0 Å². The van der Waals surface area contributed by atoms with E-state index < -0.39 is 9.84 Å². The standard InChI is InChI=1S/C32H50O4S/c1-5-24-28-20-22(33)15-17-32(28,4)27-16-18-31(3)25(13-14-26(31)29(27)30(24)34)21(2)10-9-19-37(35,36)23-11-7-6-8-12-23/h6-8,11-12,21-22,24-30,33-34H,5,9-10,13-20H2,1-4H3/t21-,22-,24-,25-,26+,27+,28+,29+,30-,31-,32-/m1/s1. The minimum Gasteiger partial charge on any atom is -0.393 e. The van der Waals surface area contributed by atoms with Crippen molar-refractivity contribution in [1.29, 1.82) is 0 Å². The van der Waals surface area contributed by atoms with E-state index in [1.54, 1.807) is 24.3 Å². The summed E-state index contributed by atoms with van der Waals surface area (Å²) in [6, 6.07) is 8.86. The van der Waals surface area contributed by atoms with E-state index in [1.165, 1.54) is 25.7 Å². The van der Waals surface area contributed by atoms with Crippen LogP contribution in [0.1, 0.15) is 91.9 Å². The Hall–Kier alpha value is -0.910. The smallest absolute Gasteiger partial charge is 0.178 e. The fraction of sp³-hybridized carbons (Fsp3) is 0.812. The van der Waals surface area contributed by atoms with Crippen LogP contribution in [0.2, 0.25) is 0 Å². The molecule has 0 heterocycles. The number of rotatable bonds is 7. The average Bonchev–Trinajstić information content (AvgIpc) is 3.23. The van der Waals surface area contributed by atoms with Crippen molar-refractivity contribution in [1.82, 2.24) is 0 Å². The Morgan fingerprint density at radius 1 is 0.946 bits per heavy atom. The van der Waals surface area contributed by atoms with Crippen LogP contribution in [0.25, 0.3) is 0 Å². The Labute approximate surface area is 225 Å². The Bertz CT molecular complexity index is 1040. The minimum atomic E-state index is -3.22. The normalized spacial score (nSPS) is 44.5. The second-order valence-corrected chi connectivity index (χ2v) is 16.0. The van der Waals surface area contributed by atoms with Gasteiger partial charge in [-0.15, -0.1) is 0 Å². The van der Waals surface area contributed by atoms with Crippen LogP contribution >= 0.6 is 0 Å². The molecule has 4 nitrogen and oxygen atoms in total. The summed E-state index contributed by atoms with van der Waals surface area (Å²) in [4.78, 5) is 0.438. The van der Waals surface area contributed by atoms with Crippen molar-refractivity contribution >= 4 is 9.84 Å². The van der Waals surface area contributed by atoms with Crippen molar-refractivity contribution in [3.8, 4) is 0 Å². The average molecular weight is 531 g/mol. The molecule has 4 aliphatic carbocycles. The lowest BCUT2D eigenvalue weighted by molar-refractivity contribution is -0.203. The fourth-order valence-corrected chi connectivity index (χ4v) is 11.8. The maximum Gasteiger partial charge on any atom is 0.178 e. The number of hydrogen-bond acceptors (Lipinski definition) is 4. The maximum absolute atomic E-state index is 12.8. The zero-order chi connectivity index (χ0) is 26.6. The first kappa shape index (κ1) is 27.6. The molecule has 1 aromatic rings. The first-order valence-electron chi connectivity index (χ1n) is 15.2. The zero-order valence-electron chi connectivity index (χ0n) is 23.5. The van der Waals surface area contributed by atoms with E-state index in [1.807, 2.05) is 6.07 Å². The molecule has 4 fully saturated rings. The van der Waals surface area contributed by atoms with Gasteiger partial charge in [0, 0.05) is 0 Å². The molecule has 1 aromatic carbocycles. The van der Waals surface area contributed by atoms with Crippen molar-refractivity contribution in [3.63, 3.8) is 0 Å². The molecular weight excluding hydrogens is 480 g/mol. The van der Waals surface area contributed by atoms with E-state index >= 15 is 0 Å². The highest BCUT2D eigenvalue weighted by Crippen LogP contribution is 2.69. The maximum atomic E-state index is 12.8. The van der Waals surface area contributed by atoms with Crippen LogP contribution in [0.4, 0.5) is 0 Å². The molecule has 0 spiro atoms. The molecule has 4 saturated carbocycles. The molecule has 0 aliphatic heterocycles. The Kier molecular flexibility index (Phi) is 7.66. The summed E-state index contributed by atoms with van der Waals surface area (Å²) in [5.74, 6) is 3.54. The number of aliphatic hydroxyl groups excluding tert-OH is 2. The quantitative estimate of drug-likeness (QED) is 0.422.